The van der Waals surface area contributed by atoms with Crippen molar-refractivity contribution in [2.24, 2.45) is 16.8 Å². The summed E-state index contributed by atoms with van der Waals surface area (Å²) >= 11 is 0. The highest BCUT2D eigenvalue weighted by atomic mass is 16.5. The van der Waals surface area contributed by atoms with Crippen LogP contribution in [0, 0.1) is 11.8 Å². The van der Waals surface area contributed by atoms with E-state index < -0.39 is 0 Å². The van der Waals surface area contributed by atoms with Gasteiger partial charge in [0, 0.05) is 39.8 Å². The first-order valence-electron chi connectivity index (χ1n) is 10.7. The molecule has 5 heteroatoms. The van der Waals surface area contributed by atoms with Crippen molar-refractivity contribution in [3.63, 3.8) is 0 Å². The number of likely N-dealkylation sites (tertiary alicyclic amines) is 1. The molecular formula is C22H34N4O. The van der Waals surface area contributed by atoms with E-state index in [-0.39, 0.29) is 0 Å². The summed E-state index contributed by atoms with van der Waals surface area (Å²) < 4.78 is 5.57. The fraction of sp³-hybridized carbons (Fsp3) is 0.682. The lowest BCUT2D eigenvalue weighted by atomic mass is 9.82. The number of nitrogens with one attached hydrogen (secondary N) is 1. The van der Waals surface area contributed by atoms with Crippen LogP contribution in [0.2, 0.25) is 0 Å². The van der Waals surface area contributed by atoms with E-state index in [1.54, 1.807) is 0 Å². The third kappa shape index (κ3) is 4.46. The Bertz CT molecular complexity index is 600. The number of fused-ring (bicyclic) bond motifs is 1. The van der Waals surface area contributed by atoms with Crippen LogP contribution in [0.4, 0.5) is 0 Å². The molecule has 2 saturated heterocycles. The molecule has 148 valence electrons. The van der Waals surface area contributed by atoms with Crippen LogP contribution >= 0.6 is 0 Å². The second-order valence-electron chi connectivity index (χ2n) is 8.21. The van der Waals surface area contributed by atoms with Gasteiger partial charge in [-0.25, -0.2) is 0 Å². The van der Waals surface area contributed by atoms with Gasteiger partial charge in [0.1, 0.15) is 0 Å². The van der Waals surface area contributed by atoms with Crippen LogP contribution < -0.4 is 5.32 Å². The fourth-order valence-corrected chi connectivity index (χ4v) is 5.12. The molecule has 3 aliphatic rings. The number of hydrogen-bond acceptors (Lipinski definition) is 3. The van der Waals surface area contributed by atoms with Crippen LogP contribution in [0.1, 0.15) is 37.3 Å². The van der Waals surface area contributed by atoms with Crippen LogP contribution in [0.15, 0.2) is 35.3 Å². The summed E-state index contributed by atoms with van der Waals surface area (Å²) in [6.45, 7) is 6.89. The first kappa shape index (κ1) is 18.8. The summed E-state index contributed by atoms with van der Waals surface area (Å²) in [5.41, 5.74) is 1.37. The zero-order valence-corrected chi connectivity index (χ0v) is 16.6. The van der Waals surface area contributed by atoms with Crippen LogP contribution in [0.3, 0.4) is 0 Å². The van der Waals surface area contributed by atoms with Gasteiger partial charge in [0.05, 0.1) is 19.3 Å². The fourth-order valence-electron chi connectivity index (χ4n) is 5.12. The highest BCUT2D eigenvalue weighted by molar-refractivity contribution is 5.80. The predicted molar refractivity (Wildman–Crippen MR) is 110 cm³/mol. The van der Waals surface area contributed by atoms with E-state index in [0.29, 0.717) is 6.04 Å². The number of morpholine rings is 1. The van der Waals surface area contributed by atoms with E-state index in [1.165, 1.54) is 44.3 Å². The topological polar surface area (TPSA) is 40.1 Å². The van der Waals surface area contributed by atoms with E-state index in [9.17, 15) is 0 Å². The molecular weight excluding hydrogens is 336 g/mol. The molecule has 27 heavy (non-hydrogen) atoms. The van der Waals surface area contributed by atoms with E-state index in [4.69, 9.17) is 4.74 Å². The molecule has 3 atom stereocenters. The Labute approximate surface area is 163 Å². The number of nitrogens with zero attached hydrogens (tertiary/aromatic N) is 3. The number of benzene rings is 1. The molecule has 2 aliphatic heterocycles. The van der Waals surface area contributed by atoms with Gasteiger partial charge in [-0.1, -0.05) is 43.2 Å². The smallest absolute Gasteiger partial charge is 0.193 e. The van der Waals surface area contributed by atoms with Crippen molar-refractivity contribution in [2.75, 3.05) is 53.0 Å². The van der Waals surface area contributed by atoms with E-state index in [2.05, 4.69) is 50.4 Å². The third-order valence-corrected chi connectivity index (χ3v) is 6.61. The molecule has 3 fully saturated rings. The summed E-state index contributed by atoms with van der Waals surface area (Å²) in [6.07, 6.45) is 5.62. The molecule has 0 bridgehead atoms. The normalized spacial score (nSPS) is 28.0. The Morgan fingerprint density at radius 2 is 1.78 bits per heavy atom. The van der Waals surface area contributed by atoms with Crippen LogP contribution in [0.5, 0.6) is 0 Å². The molecule has 0 aromatic heterocycles. The second kappa shape index (κ2) is 9.07. The molecule has 0 amide bonds. The molecule has 1 aromatic rings. The van der Waals surface area contributed by atoms with Crippen LogP contribution in [0.25, 0.3) is 0 Å². The summed E-state index contributed by atoms with van der Waals surface area (Å²) in [5.74, 6) is 2.83. The van der Waals surface area contributed by atoms with Gasteiger partial charge in [0.25, 0.3) is 0 Å². The maximum absolute atomic E-state index is 5.57. The third-order valence-electron chi connectivity index (χ3n) is 6.61. The van der Waals surface area contributed by atoms with Crippen molar-refractivity contribution in [1.82, 2.24) is 15.1 Å². The lowest BCUT2D eigenvalue weighted by Crippen LogP contribution is -2.47. The van der Waals surface area contributed by atoms with Crippen molar-refractivity contribution in [2.45, 2.75) is 31.7 Å². The van der Waals surface area contributed by atoms with Crippen molar-refractivity contribution in [1.29, 1.82) is 0 Å². The summed E-state index contributed by atoms with van der Waals surface area (Å²) in [7, 11) is 1.93. The summed E-state index contributed by atoms with van der Waals surface area (Å²) in [4.78, 5) is 9.67. The van der Waals surface area contributed by atoms with Crippen LogP contribution in [-0.2, 0) is 4.74 Å². The Morgan fingerprint density at radius 3 is 2.41 bits per heavy atom. The molecule has 1 N–H and O–H groups in total. The molecule has 2 heterocycles. The lowest BCUT2D eigenvalue weighted by molar-refractivity contribution is 0.0169. The molecule has 1 saturated carbocycles. The number of guanidine groups is 1. The largest absolute Gasteiger partial charge is 0.379 e. The highest BCUT2D eigenvalue weighted by Crippen LogP contribution is 2.36. The Morgan fingerprint density at radius 1 is 1.11 bits per heavy atom. The highest BCUT2D eigenvalue weighted by Gasteiger charge is 2.35. The summed E-state index contributed by atoms with van der Waals surface area (Å²) in [5, 5.41) is 3.71. The van der Waals surface area contributed by atoms with Crippen molar-refractivity contribution < 1.29 is 4.74 Å². The predicted octanol–water partition coefficient (Wildman–Crippen LogP) is 2.76. The van der Waals surface area contributed by atoms with E-state index in [0.717, 1.165) is 50.6 Å². The Kier molecular flexibility index (Phi) is 6.30. The van der Waals surface area contributed by atoms with Crippen molar-refractivity contribution >= 4 is 5.96 Å². The lowest BCUT2D eigenvalue weighted by Gasteiger charge is -2.35. The standard InChI is InChI=1S/C22H34N4O/c1-23-22(26-16-19-9-5-6-10-20(19)17-26)24-15-21(18-7-3-2-4-8-18)25-11-13-27-14-12-25/h2-4,7-8,19-21H,5-6,9-17H2,1H3,(H,23,24). The number of hydrogen-bond donors (Lipinski definition) is 1. The quantitative estimate of drug-likeness (QED) is 0.654. The van der Waals surface area contributed by atoms with Gasteiger partial charge < -0.3 is 15.0 Å². The zero-order valence-electron chi connectivity index (χ0n) is 16.6. The van der Waals surface area contributed by atoms with Gasteiger partial charge in [-0.2, -0.15) is 0 Å². The molecule has 0 radical (unpaired) electrons. The van der Waals surface area contributed by atoms with Gasteiger partial charge in [-0.15, -0.1) is 0 Å². The first-order valence-corrected chi connectivity index (χ1v) is 10.7. The number of ether oxygens (including phenoxy) is 1. The Hall–Kier alpha value is -1.59. The minimum absolute atomic E-state index is 0.358. The van der Waals surface area contributed by atoms with E-state index >= 15 is 0 Å². The van der Waals surface area contributed by atoms with Gasteiger partial charge in [-0.3, -0.25) is 9.89 Å². The molecule has 5 nitrogen and oxygen atoms in total. The molecule has 1 aliphatic carbocycles. The molecule has 0 spiro atoms. The Balaban J connectivity index is 1.41. The average Bonchev–Trinajstić information content (AvgIpc) is 3.16. The molecule has 1 aromatic carbocycles. The zero-order chi connectivity index (χ0) is 18.5. The monoisotopic (exact) mass is 370 g/mol. The van der Waals surface area contributed by atoms with Gasteiger partial charge in [-0.05, 0) is 30.2 Å². The number of rotatable bonds is 4. The maximum atomic E-state index is 5.57. The van der Waals surface area contributed by atoms with E-state index in [1.807, 2.05) is 7.05 Å². The van der Waals surface area contributed by atoms with Gasteiger partial charge in [0.2, 0.25) is 0 Å². The van der Waals surface area contributed by atoms with Crippen molar-refractivity contribution in [3.8, 4) is 0 Å². The molecule has 4 rings (SSSR count). The average molecular weight is 371 g/mol. The first-order chi connectivity index (χ1) is 13.3. The van der Waals surface area contributed by atoms with Gasteiger partial charge >= 0.3 is 0 Å². The SMILES string of the molecule is CN=C(NCC(c1ccccc1)N1CCOCC1)N1CC2CCCCC2C1. The minimum Gasteiger partial charge on any atom is -0.379 e. The molecule has 3 unspecified atom stereocenters. The second-order valence-corrected chi connectivity index (χ2v) is 8.21. The number of aliphatic imine (C=N–C) groups is 1. The minimum atomic E-state index is 0.358. The van der Waals surface area contributed by atoms with Crippen LogP contribution in [-0.4, -0.2) is 68.7 Å². The van der Waals surface area contributed by atoms with Crippen molar-refractivity contribution in [3.05, 3.63) is 35.9 Å². The maximum Gasteiger partial charge on any atom is 0.193 e. The summed E-state index contributed by atoms with van der Waals surface area (Å²) in [6, 6.07) is 11.2. The van der Waals surface area contributed by atoms with Gasteiger partial charge in [0.15, 0.2) is 5.96 Å².